The maximum Gasteiger partial charge on any atom is 0.142 e. The molecule has 3 nitrogen and oxygen atoms in total. The fourth-order valence-corrected chi connectivity index (χ4v) is 1.53. The summed E-state index contributed by atoms with van der Waals surface area (Å²) in [4.78, 5) is 4.34. The number of methoxy groups -OCH3 is 1. The quantitative estimate of drug-likeness (QED) is 0.733. The fourth-order valence-electron chi connectivity index (χ4n) is 1.33. The molecule has 0 spiro atoms. The number of rotatable bonds is 6. The monoisotopic (exact) mass is 257 g/mol. The van der Waals surface area contributed by atoms with Crippen LogP contribution in [0.5, 0.6) is 5.75 Å². The Kier molecular flexibility index (Phi) is 5.22. The topological polar surface area (TPSA) is 31.4 Å². The molecular weight excluding hydrogens is 238 g/mol. The Balaban J connectivity index is 2.57. The molecule has 1 heterocycles. The Labute approximate surface area is 108 Å². The minimum atomic E-state index is -0.167. The van der Waals surface area contributed by atoms with E-state index in [1.807, 2.05) is 32.9 Å². The second-order valence-electron chi connectivity index (χ2n) is 4.59. The Morgan fingerprint density at radius 1 is 1.35 bits per heavy atom. The highest BCUT2D eigenvalue weighted by molar-refractivity contribution is 6.17. The number of ether oxygens (including phenoxy) is 2. The van der Waals surface area contributed by atoms with Crippen molar-refractivity contribution in [3.05, 3.63) is 23.5 Å². The molecule has 0 fully saturated rings. The highest BCUT2D eigenvalue weighted by atomic mass is 35.5. The zero-order valence-electron chi connectivity index (χ0n) is 10.9. The first-order chi connectivity index (χ1) is 7.98. The molecule has 1 rings (SSSR count). The van der Waals surface area contributed by atoms with Gasteiger partial charge >= 0.3 is 0 Å². The van der Waals surface area contributed by atoms with Crippen LogP contribution in [0.3, 0.4) is 0 Å². The summed E-state index contributed by atoms with van der Waals surface area (Å²) < 4.78 is 11.0. The lowest BCUT2D eigenvalue weighted by Gasteiger charge is -2.22. The molecule has 96 valence electrons. The van der Waals surface area contributed by atoms with Gasteiger partial charge < -0.3 is 9.47 Å². The van der Waals surface area contributed by atoms with E-state index >= 15 is 0 Å². The molecule has 0 amide bonds. The maximum absolute atomic E-state index is 5.83. The molecule has 0 aliphatic heterocycles. The number of aromatic nitrogens is 1. The van der Waals surface area contributed by atoms with Gasteiger partial charge in [-0.2, -0.15) is 0 Å². The van der Waals surface area contributed by atoms with E-state index in [1.165, 1.54) is 0 Å². The van der Waals surface area contributed by atoms with Gasteiger partial charge in [0.25, 0.3) is 0 Å². The lowest BCUT2D eigenvalue weighted by molar-refractivity contribution is 0.00535. The molecule has 0 saturated heterocycles. The van der Waals surface area contributed by atoms with Crippen LogP contribution < -0.4 is 4.74 Å². The van der Waals surface area contributed by atoms with E-state index in [-0.39, 0.29) is 5.60 Å². The zero-order valence-corrected chi connectivity index (χ0v) is 11.7. The molecule has 0 saturated carbocycles. The molecule has 0 aliphatic carbocycles. The highest BCUT2D eigenvalue weighted by Crippen LogP contribution is 2.20. The van der Waals surface area contributed by atoms with Crippen LogP contribution in [-0.2, 0) is 10.6 Å². The SMILES string of the molecule is COC(C)(C)CCOc1ccc(C)nc1CCl. The van der Waals surface area contributed by atoms with Crippen LogP contribution in [0.25, 0.3) is 0 Å². The van der Waals surface area contributed by atoms with Crippen molar-refractivity contribution in [2.45, 2.75) is 38.7 Å². The number of hydrogen-bond acceptors (Lipinski definition) is 3. The lowest BCUT2D eigenvalue weighted by atomic mass is 10.1. The zero-order chi connectivity index (χ0) is 12.9. The van der Waals surface area contributed by atoms with Crippen molar-refractivity contribution in [2.75, 3.05) is 13.7 Å². The van der Waals surface area contributed by atoms with Crippen LogP contribution in [0.4, 0.5) is 0 Å². The van der Waals surface area contributed by atoms with Gasteiger partial charge in [0.1, 0.15) is 5.75 Å². The van der Waals surface area contributed by atoms with E-state index in [0.29, 0.717) is 12.5 Å². The van der Waals surface area contributed by atoms with Crippen LogP contribution in [0.1, 0.15) is 31.7 Å². The van der Waals surface area contributed by atoms with Gasteiger partial charge in [0.05, 0.1) is 23.8 Å². The summed E-state index contributed by atoms with van der Waals surface area (Å²) in [7, 11) is 1.71. The first-order valence-electron chi connectivity index (χ1n) is 5.69. The number of hydrogen-bond donors (Lipinski definition) is 0. The molecule has 17 heavy (non-hydrogen) atoms. The summed E-state index contributed by atoms with van der Waals surface area (Å²) in [5.74, 6) is 1.13. The van der Waals surface area contributed by atoms with Crippen LogP contribution in [-0.4, -0.2) is 24.3 Å². The minimum Gasteiger partial charge on any atom is -0.492 e. The molecule has 0 N–H and O–H groups in total. The van der Waals surface area contributed by atoms with E-state index in [9.17, 15) is 0 Å². The van der Waals surface area contributed by atoms with E-state index < -0.39 is 0 Å². The minimum absolute atomic E-state index is 0.167. The standard InChI is InChI=1S/C13H20ClNO2/c1-10-5-6-12(11(9-14)15-10)17-8-7-13(2,3)16-4/h5-6H,7-9H2,1-4H3. The summed E-state index contributed by atoms with van der Waals surface area (Å²) in [6.45, 7) is 6.60. The van der Waals surface area contributed by atoms with Crippen LogP contribution in [0.15, 0.2) is 12.1 Å². The number of aryl methyl sites for hydroxylation is 1. The number of halogens is 1. The molecule has 4 heteroatoms. The molecule has 0 aromatic carbocycles. The average Bonchev–Trinajstić information content (AvgIpc) is 2.30. The van der Waals surface area contributed by atoms with Crippen LogP contribution in [0, 0.1) is 6.92 Å². The van der Waals surface area contributed by atoms with Gasteiger partial charge in [0, 0.05) is 19.2 Å². The van der Waals surface area contributed by atoms with Crippen molar-refractivity contribution in [3.8, 4) is 5.75 Å². The number of pyridine rings is 1. The predicted octanol–water partition coefficient (Wildman–Crippen LogP) is 3.32. The Morgan fingerprint density at radius 3 is 2.65 bits per heavy atom. The third-order valence-corrected chi connectivity index (χ3v) is 2.97. The van der Waals surface area contributed by atoms with Crippen LogP contribution >= 0.6 is 11.6 Å². The van der Waals surface area contributed by atoms with Gasteiger partial charge in [-0.25, -0.2) is 0 Å². The van der Waals surface area contributed by atoms with Gasteiger partial charge in [0.2, 0.25) is 0 Å². The second-order valence-corrected chi connectivity index (χ2v) is 4.86. The molecule has 0 unspecified atom stereocenters. The van der Waals surface area contributed by atoms with Gasteiger partial charge in [-0.05, 0) is 32.9 Å². The van der Waals surface area contributed by atoms with Crippen molar-refractivity contribution >= 4 is 11.6 Å². The van der Waals surface area contributed by atoms with E-state index in [4.69, 9.17) is 21.1 Å². The smallest absolute Gasteiger partial charge is 0.142 e. The van der Waals surface area contributed by atoms with Gasteiger partial charge in [0.15, 0.2) is 0 Å². The third-order valence-electron chi connectivity index (χ3n) is 2.71. The highest BCUT2D eigenvalue weighted by Gasteiger charge is 2.16. The lowest BCUT2D eigenvalue weighted by Crippen LogP contribution is -2.25. The maximum atomic E-state index is 5.83. The van der Waals surface area contributed by atoms with Gasteiger partial charge in [-0.15, -0.1) is 11.6 Å². The summed E-state index contributed by atoms with van der Waals surface area (Å²) >= 11 is 5.83. The Morgan fingerprint density at radius 2 is 2.06 bits per heavy atom. The van der Waals surface area contributed by atoms with E-state index in [1.54, 1.807) is 7.11 Å². The third kappa shape index (κ3) is 4.52. The summed E-state index contributed by atoms with van der Waals surface area (Å²) in [5, 5.41) is 0. The summed E-state index contributed by atoms with van der Waals surface area (Å²) in [5.41, 5.74) is 1.58. The van der Waals surface area contributed by atoms with Crippen LogP contribution in [0.2, 0.25) is 0 Å². The summed E-state index contributed by atoms with van der Waals surface area (Å²) in [6, 6.07) is 3.84. The Bertz CT molecular complexity index is 366. The molecule has 1 aromatic rings. The first-order valence-corrected chi connectivity index (χ1v) is 6.22. The predicted molar refractivity (Wildman–Crippen MR) is 69.7 cm³/mol. The van der Waals surface area contributed by atoms with E-state index in [2.05, 4.69) is 4.98 Å². The van der Waals surface area contributed by atoms with Crippen molar-refractivity contribution in [3.63, 3.8) is 0 Å². The molecule has 0 bridgehead atoms. The molecular formula is C13H20ClNO2. The first kappa shape index (κ1) is 14.3. The van der Waals surface area contributed by atoms with Crippen molar-refractivity contribution in [1.82, 2.24) is 4.98 Å². The molecule has 0 atom stereocenters. The average molecular weight is 258 g/mol. The van der Waals surface area contributed by atoms with Crippen molar-refractivity contribution in [1.29, 1.82) is 0 Å². The fraction of sp³-hybridized carbons (Fsp3) is 0.615. The summed E-state index contributed by atoms with van der Waals surface area (Å²) in [6.07, 6.45) is 0.819. The number of nitrogens with zero attached hydrogens (tertiary/aromatic N) is 1. The molecule has 0 aliphatic rings. The second kappa shape index (κ2) is 6.22. The van der Waals surface area contributed by atoms with Gasteiger partial charge in [-0.1, -0.05) is 0 Å². The van der Waals surface area contributed by atoms with Gasteiger partial charge in [-0.3, -0.25) is 4.98 Å². The molecule has 0 radical (unpaired) electrons. The largest absolute Gasteiger partial charge is 0.492 e. The normalized spacial score (nSPS) is 11.6. The van der Waals surface area contributed by atoms with Crippen molar-refractivity contribution in [2.24, 2.45) is 0 Å². The van der Waals surface area contributed by atoms with E-state index in [0.717, 1.165) is 23.6 Å². The Hall–Kier alpha value is -0.800. The molecule has 1 aromatic heterocycles. The number of alkyl halides is 1. The van der Waals surface area contributed by atoms with Crippen molar-refractivity contribution < 1.29 is 9.47 Å².